The predicted molar refractivity (Wildman–Crippen MR) is 99.1 cm³/mol. The Morgan fingerprint density at radius 1 is 1.30 bits per heavy atom. The van der Waals surface area contributed by atoms with E-state index in [0.29, 0.717) is 10.7 Å². The lowest BCUT2D eigenvalue weighted by Crippen LogP contribution is -2.39. The van der Waals surface area contributed by atoms with Crippen molar-refractivity contribution in [3.63, 3.8) is 0 Å². The standard InChI is InChI=1S/C16H12ClIN2O3/c1-23-10-7-5-9(6-8-10)20-12-4-2-3-11(17)13(12)19-14(15(20)18)16(21)22/h2-8,15H,1H3,(H,21,22). The number of hydrogen-bond donors (Lipinski definition) is 1. The van der Waals surface area contributed by atoms with Gasteiger partial charge in [0, 0.05) is 5.69 Å². The van der Waals surface area contributed by atoms with Crippen LogP contribution < -0.4 is 9.64 Å². The van der Waals surface area contributed by atoms with Crippen LogP contribution in [0.2, 0.25) is 5.02 Å². The number of ether oxygens (including phenoxy) is 1. The van der Waals surface area contributed by atoms with Gasteiger partial charge in [0.2, 0.25) is 0 Å². The average Bonchev–Trinajstić information content (AvgIpc) is 2.54. The van der Waals surface area contributed by atoms with E-state index < -0.39 is 10.0 Å². The number of alkyl halides is 1. The molecule has 0 bridgehead atoms. The molecule has 23 heavy (non-hydrogen) atoms. The molecule has 0 spiro atoms. The van der Waals surface area contributed by atoms with Crippen LogP contribution in [0.15, 0.2) is 47.5 Å². The number of hydrogen-bond acceptors (Lipinski definition) is 4. The van der Waals surface area contributed by atoms with E-state index in [4.69, 9.17) is 16.3 Å². The number of carboxylic acids is 1. The molecule has 0 aromatic heterocycles. The molecule has 1 N–H and O–H groups in total. The Bertz CT molecular complexity index is 792. The molecule has 2 aromatic carbocycles. The van der Waals surface area contributed by atoms with Crippen molar-refractivity contribution in [1.82, 2.24) is 0 Å². The van der Waals surface area contributed by atoms with Gasteiger partial charge in [0.1, 0.15) is 15.5 Å². The first-order chi connectivity index (χ1) is 11.0. The van der Waals surface area contributed by atoms with E-state index >= 15 is 0 Å². The minimum atomic E-state index is -1.06. The van der Waals surface area contributed by atoms with Crippen LogP contribution in [0, 0.1) is 0 Å². The highest BCUT2D eigenvalue weighted by molar-refractivity contribution is 14.1. The summed E-state index contributed by atoms with van der Waals surface area (Å²) in [7, 11) is 1.60. The summed E-state index contributed by atoms with van der Waals surface area (Å²) in [6, 6.07) is 12.8. The summed E-state index contributed by atoms with van der Waals surface area (Å²) in [5.74, 6) is -0.331. The van der Waals surface area contributed by atoms with Crippen LogP contribution in [0.5, 0.6) is 5.75 Å². The molecule has 0 aliphatic carbocycles. The van der Waals surface area contributed by atoms with Crippen molar-refractivity contribution in [3.05, 3.63) is 47.5 Å². The smallest absolute Gasteiger partial charge is 0.353 e. The minimum absolute atomic E-state index is 0.0435. The summed E-state index contributed by atoms with van der Waals surface area (Å²) in [6.07, 6.45) is 0. The fourth-order valence-electron chi connectivity index (χ4n) is 2.39. The van der Waals surface area contributed by atoms with Gasteiger partial charge in [-0.25, -0.2) is 9.79 Å². The zero-order valence-corrected chi connectivity index (χ0v) is 14.9. The summed E-state index contributed by atoms with van der Waals surface area (Å²) in [5.41, 5.74) is 2.12. The Kier molecular flexibility index (Phi) is 4.45. The Balaban J connectivity index is 2.17. The highest BCUT2D eigenvalue weighted by Gasteiger charge is 2.34. The first kappa shape index (κ1) is 16.1. The van der Waals surface area contributed by atoms with E-state index in [9.17, 15) is 9.90 Å². The van der Waals surface area contributed by atoms with Gasteiger partial charge in [0.15, 0.2) is 5.71 Å². The molecule has 0 fully saturated rings. The van der Waals surface area contributed by atoms with Gasteiger partial charge < -0.3 is 14.7 Å². The molecule has 0 saturated carbocycles. The maximum atomic E-state index is 11.5. The van der Waals surface area contributed by atoms with Crippen molar-refractivity contribution >= 4 is 62.9 Å². The fraction of sp³-hybridized carbons (Fsp3) is 0.125. The second-order valence-corrected chi connectivity index (χ2v) is 6.40. The number of carboxylic acid groups (broad SMARTS) is 1. The molecule has 118 valence electrons. The summed E-state index contributed by atoms with van der Waals surface area (Å²) >= 11 is 8.28. The van der Waals surface area contributed by atoms with E-state index in [1.807, 2.05) is 41.3 Å². The Hall–Kier alpha value is -1.80. The third-order valence-corrected chi connectivity index (χ3v) is 4.93. The SMILES string of the molecule is COc1ccc(N2c3cccc(Cl)c3N=C(C(=O)O)C2I)cc1. The molecule has 5 nitrogen and oxygen atoms in total. The maximum Gasteiger partial charge on any atom is 0.353 e. The van der Waals surface area contributed by atoms with Crippen molar-refractivity contribution < 1.29 is 14.6 Å². The molecular formula is C16H12ClIN2O3. The number of methoxy groups -OCH3 is 1. The van der Waals surface area contributed by atoms with Crippen molar-refractivity contribution in [2.45, 2.75) is 4.05 Å². The van der Waals surface area contributed by atoms with Crippen molar-refractivity contribution in [2.24, 2.45) is 4.99 Å². The topological polar surface area (TPSA) is 62.1 Å². The number of para-hydroxylation sites is 1. The average molecular weight is 443 g/mol. The Morgan fingerprint density at radius 3 is 2.61 bits per heavy atom. The number of halogens is 2. The van der Waals surface area contributed by atoms with Crippen molar-refractivity contribution in [3.8, 4) is 5.75 Å². The van der Waals surface area contributed by atoms with Crippen LogP contribution in [0.25, 0.3) is 0 Å². The lowest BCUT2D eigenvalue weighted by molar-refractivity contribution is -0.129. The first-order valence-electron chi connectivity index (χ1n) is 6.70. The van der Waals surface area contributed by atoms with Gasteiger partial charge in [-0.05, 0) is 36.4 Å². The van der Waals surface area contributed by atoms with Crippen LogP contribution >= 0.6 is 34.2 Å². The van der Waals surface area contributed by atoms with Gasteiger partial charge in [-0.2, -0.15) is 0 Å². The summed E-state index contributed by atoms with van der Waals surface area (Å²) in [5, 5.41) is 9.87. The van der Waals surface area contributed by atoms with Crippen LogP contribution in [-0.2, 0) is 4.79 Å². The van der Waals surface area contributed by atoms with E-state index in [0.717, 1.165) is 17.1 Å². The number of aliphatic carboxylic acids is 1. The lowest BCUT2D eigenvalue weighted by atomic mass is 10.1. The molecule has 3 rings (SSSR count). The highest BCUT2D eigenvalue weighted by atomic mass is 127. The van der Waals surface area contributed by atoms with Crippen LogP contribution in [-0.4, -0.2) is 27.9 Å². The van der Waals surface area contributed by atoms with Crippen molar-refractivity contribution in [1.29, 1.82) is 0 Å². The summed E-state index contributed by atoms with van der Waals surface area (Å²) < 4.78 is 4.72. The molecule has 1 aliphatic rings. The molecule has 1 atom stereocenters. The van der Waals surface area contributed by atoms with E-state index in [1.165, 1.54) is 0 Å². The normalized spacial score (nSPS) is 16.6. The first-order valence-corrected chi connectivity index (χ1v) is 8.33. The molecule has 1 unspecified atom stereocenters. The van der Waals surface area contributed by atoms with Gasteiger partial charge in [-0.1, -0.05) is 40.3 Å². The zero-order valence-electron chi connectivity index (χ0n) is 12.0. The number of benzene rings is 2. The molecular weight excluding hydrogens is 431 g/mol. The number of carbonyl (C=O) groups is 1. The predicted octanol–water partition coefficient (Wildman–Crippen LogP) is 4.42. The largest absolute Gasteiger partial charge is 0.497 e. The van der Waals surface area contributed by atoms with E-state index in [1.54, 1.807) is 13.2 Å². The summed E-state index contributed by atoms with van der Waals surface area (Å²) in [6.45, 7) is 0. The quantitative estimate of drug-likeness (QED) is 0.434. The minimum Gasteiger partial charge on any atom is -0.497 e. The number of aliphatic imine (C=N–C) groups is 1. The maximum absolute atomic E-state index is 11.5. The van der Waals surface area contributed by atoms with E-state index in [2.05, 4.69) is 27.6 Å². The second kappa shape index (κ2) is 6.37. The molecule has 2 aromatic rings. The number of rotatable bonds is 3. The monoisotopic (exact) mass is 442 g/mol. The van der Waals surface area contributed by atoms with Gasteiger partial charge >= 0.3 is 5.97 Å². The van der Waals surface area contributed by atoms with Gasteiger partial charge in [-0.3, -0.25) is 0 Å². The fourth-order valence-corrected chi connectivity index (χ4v) is 3.63. The van der Waals surface area contributed by atoms with Crippen LogP contribution in [0.1, 0.15) is 0 Å². The third-order valence-electron chi connectivity index (χ3n) is 3.48. The van der Waals surface area contributed by atoms with E-state index in [-0.39, 0.29) is 5.71 Å². The van der Waals surface area contributed by atoms with Gasteiger partial charge in [-0.15, -0.1) is 0 Å². The Labute approximate surface area is 151 Å². The number of fused-ring (bicyclic) bond motifs is 1. The molecule has 0 saturated heterocycles. The van der Waals surface area contributed by atoms with Gasteiger partial charge in [0.05, 0.1) is 17.8 Å². The zero-order chi connectivity index (χ0) is 16.6. The molecule has 7 heteroatoms. The summed E-state index contributed by atoms with van der Waals surface area (Å²) in [4.78, 5) is 17.7. The molecule has 1 aliphatic heterocycles. The molecule has 0 radical (unpaired) electrons. The third kappa shape index (κ3) is 2.88. The number of anilines is 2. The van der Waals surface area contributed by atoms with Crippen molar-refractivity contribution in [2.75, 3.05) is 12.0 Å². The molecule has 0 amide bonds. The highest BCUT2D eigenvalue weighted by Crippen LogP contribution is 2.45. The van der Waals surface area contributed by atoms with Crippen LogP contribution in [0.3, 0.4) is 0 Å². The Morgan fingerprint density at radius 2 is 2.00 bits per heavy atom. The molecule has 1 heterocycles. The van der Waals surface area contributed by atoms with Gasteiger partial charge in [0.25, 0.3) is 0 Å². The lowest BCUT2D eigenvalue weighted by Gasteiger charge is -2.34. The van der Waals surface area contributed by atoms with Crippen LogP contribution in [0.4, 0.5) is 17.1 Å². The second-order valence-electron chi connectivity index (χ2n) is 4.81. The number of nitrogens with zero attached hydrogens (tertiary/aromatic N) is 2.